The van der Waals surface area contributed by atoms with E-state index in [-0.39, 0.29) is 12.4 Å². The van der Waals surface area contributed by atoms with Gasteiger partial charge in [0.2, 0.25) is 0 Å². The van der Waals surface area contributed by atoms with E-state index in [0.29, 0.717) is 17.3 Å². The van der Waals surface area contributed by atoms with E-state index < -0.39 is 0 Å². The number of anilines is 1. The van der Waals surface area contributed by atoms with E-state index >= 15 is 0 Å². The Hall–Kier alpha value is -1.20. The highest BCUT2D eigenvalue weighted by Crippen LogP contribution is 2.21. The van der Waals surface area contributed by atoms with Crippen LogP contribution in [0.2, 0.25) is 0 Å². The molecule has 18 heavy (non-hydrogen) atoms. The first-order valence-electron chi connectivity index (χ1n) is 6.34. The number of nitrogens with zero attached hydrogens (tertiary/aromatic N) is 2. The maximum absolute atomic E-state index is 14.1. The lowest BCUT2D eigenvalue weighted by Crippen LogP contribution is -2.32. The first kappa shape index (κ1) is 13.2. The Labute approximate surface area is 107 Å². The molecular weight excluding hydrogens is 233 g/mol. The summed E-state index contributed by atoms with van der Waals surface area (Å²) in [6, 6.07) is 1.62. The van der Waals surface area contributed by atoms with Gasteiger partial charge in [0.05, 0.1) is 6.61 Å². The normalized spacial score (nSPS) is 19.8. The molecule has 1 aromatic heterocycles. The van der Waals surface area contributed by atoms with Crippen molar-refractivity contribution in [2.24, 2.45) is 11.7 Å². The zero-order chi connectivity index (χ0) is 13.0. The minimum atomic E-state index is -0.306. The zero-order valence-electron chi connectivity index (χ0n) is 10.7. The monoisotopic (exact) mass is 253 g/mol. The molecule has 5 heteroatoms. The fourth-order valence-corrected chi connectivity index (χ4v) is 2.32. The fourth-order valence-electron chi connectivity index (χ4n) is 2.32. The van der Waals surface area contributed by atoms with Crippen molar-refractivity contribution in [2.45, 2.75) is 19.4 Å². The highest BCUT2D eigenvalue weighted by Gasteiger charge is 2.19. The van der Waals surface area contributed by atoms with Gasteiger partial charge in [-0.25, -0.2) is 9.37 Å². The van der Waals surface area contributed by atoms with Gasteiger partial charge in [-0.1, -0.05) is 0 Å². The highest BCUT2D eigenvalue weighted by atomic mass is 19.1. The molecule has 1 unspecified atom stereocenters. The van der Waals surface area contributed by atoms with Crippen LogP contribution in [0.1, 0.15) is 18.4 Å². The molecule has 0 aliphatic carbocycles. The third kappa shape index (κ3) is 2.97. The Balaban J connectivity index is 2.05. The van der Waals surface area contributed by atoms with Crippen LogP contribution < -0.4 is 10.6 Å². The van der Waals surface area contributed by atoms with Crippen molar-refractivity contribution in [3.63, 3.8) is 0 Å². The van der Waals surface area contributed by atoms with E-state index in [1.54, 1.807) is 12.3 Å². The number of hydrogen-bond acceptors (Lipinski definition) is 4. The number of halogens is 1. The number of nitrogens with two attached hydrogens (primary N) is 1. The van der Waals surface area contributed by atoms with Crippen LogP contribution in [0.4, 0.5) is 10.2 Å². The summed E-state index contributed by atoms with van der Waals surface area (Å²) in [4.78, 5) is 5.96. The lowest BCUT2D eigenvalue weighted by molar-refractivity contribution is 0.0575. The lowest BCUT2D eigenvalue weighted by Gasteiger charge is -2.28. The molecule has 2 N–H and O–H groups in total. The van der Waals surface area contributed by atoms with Crippen molar-refractivity contribution in [1.29, 1.82) is 0 Å². The fraction of sp³-hybridized carbons (Fsp3) is 0.615. The average molecular weight is 253 g/mol. The van der Waals surface area contributed by atoms with Gasteiger partial charge in [0, 0.05) is 38.5 Å². The summed E-state index contributed by atoms with van der Waals surface area (Å²) in [5.41, 5.74) is 6.00. The SMILES string of the molecule is CN(CC1CCCOC1)c1nccc(CN)c1F. The van der Waals surface area contributed by atoms with Gasteiger partial charge in [0.25, 0.3) is 0 Å². The molecule has 1 fully saturated rings. The Morgan fingerprint density at radius 1 is 1.61 bits per heavy atom. The summed E-state index contributed by atoms with van der Waals surface area (Å²) < 4.78 is 19.5. The van der Waals surface area contributed by atoms with Gasteiger partial charge in [0.15, 0.2) is 11.6 Å². The molecule has 4 nitrogen and oxygen atoms in total. The lowest BCUT2D eigenvalue weighted by atomic mass is 10.0. The molecule has 0 aromatic carbocycles. The second kappa shape index (κ2) is 6.11. The number of hydrogen-bond donors (Lipinski definition) is 1. The van der Waals surface area contributed by atoms with Gasteiger partial charge in [0.1, 0.15) is 0 Å². The molecule has 2 rings (SSSR count). The van der Waals surface area contributed by atoms with Crippen molar-refractivity contribution in [3.8, 4) is 0 Å². The molecule has 2 heterocycles. The summed E-state index contributed by atoms with van der Waals surface area (Å²) >= 11 is 0. The van der Waals surface area contributed by atoms with Crippen molar-refractivity contribution >= 4 is 5.82 Å². The standard InChI is InChI=1S/C13H20FN3O/c1-17(8-10-3-2-6-18-9-10)13-12(14)11(7-15)4-5-16-13/h4-5,10H,2-3,6-9,15H2,1H3. The third-order valence-electron chi connectivity index (χ3n) is 3.32. The summed E-state index contributed by atoms with van der Waals surface area (Å²) in [5.74, 6) is 0.522. The molecule has 0 radical (unpaired) electrons. The average Bonchev–Trinajstić information content (AvgIpc) is 2.40. The molecule has 1 saturated heterocycles. The Morgan fingerprint density at radius 3 is 3.11 bits per heavy atom. The number of rotatable bonds is 4. The van der Waals surface area contributed by atoms with Crippen LogP contribution in [0, 0.1) is 11.7 Å². The van der Waals surface area contributed by atoms with Crippen molar-refractivity contribution in [2.75, 3.05) is 31.7 Å². The summed E-state index contributed by atoms with van der Waals surface area (Å²) in [5, 5.41) is 0. The van der Waals surface area contributed by atoms with Crippen molar-refractivity contribution in [3.05, 3.63) is 23.6 Å². The van der Waals surface area contributed by atoms with E-state index in [1.165, 1.54) is 0 Å². The molecule has 0 amide bonds. The van der Waals surface area contributed by atoms with Gasteiger partial charge in [-0.05, 0) is 24.8 Å². The Bertz CT molecular complexity index is 394. The van der Waals surface area contributed by atoms with Crippen LogP contribution in [0.5, 0.6) is 0 Å². The van der Waals surface area contributed by atoms with Gasteiger partial charge in [-0.15, -0.1) is 0 Å². The second-order valence-electron chi connectivity index (χ2n) is 4.78. The number of ether oxygens (including phenoxy) is 1. The molecular formula is C13H20FN3O. The smallest absolute Gasteiger partial charge is 0.170 e. The number of pyridine rings is 1. The molecule has 1 aliphatic rings. The quantitative estimate of drug-likeness (QED) is 0.884. The minimum Gasteiger partial charge on any atom is -0.381 e. The largest absolute Gasteiger partial charge is 0.381 e. The Morgan fingerprint density at radius 2 is 2.44 bits per heavy atom. The molecule has 0 spiro atoms. The highest BCUT2D eigenvalue weighted by molar-refractivity contribution is 5.42. The van der Waals surface area contributed by atoms with Gasteiger partial charge < -0.3 is 15.4 Å². The molecule has 1 aliphatic heterocycles. The molecule has 100 valence electrons. The third-order valence-corrected chi connectivity index (χ3v) is 3.32. The Kier molecular flexibility index (Phi) is 4.49. The van der Waals surface area contributed by atoms with E-state index in [2.05, 4.69) is 4.98 Å². The summed E-state index contributed by atoms with van der Waals surface area (Å²) in [6.45, 7) is 2.55. The zero-order valence-corrected chi connectivity index (χ0v) is 10.7. The van der Waals surface area contributed by atoms with Gasteiger partial charge in [-0.2, -0.15) is 0 Å². The van der Waals surface area contributed by atoms with E-state index in [9.17, 15) is 4.39 Å². The molecule has 0 bridgehead atoms. The molecule has 0 saturated carbocycles. The minimum absolute atomic E-state index is 0.196. The first-order valence-corrected chi connectivity index (χ1v) is 6.34. The van der Waals surface area contributed by atoms with Gasteiger partial charge in [-0.3, -0.25) is 0 Å². The summed E-state index contributed by atoms with van der Waals surface area (Å²) in [6.07, 6.45) is 3.81. The van der Waals surface area contributed by atoms with Crippen LogP contribution >= 0.6 is 0 Å². The van der Waals surface area contributed by atoms with Crippen LogP contribution in [-0.2, 0) is 11.3 Å². The van der Waals surface area contributed by atoms with Crippen LogP contribution in [-0.4, -0.2) is 31.8 Å². The van der Waals surface area contributed by atoms with E-state index in [0.717, 1.165) is 32.6 Å². The number of aromatic nitrogens is 1. The van der Waals surface area contributed by atoms with E-state index in [1.807, 2.05) is 11.9 Å². The van der Waals surface area contributed by atoms with Crippen LogP contribution in [0.3, 0.4) is 0 Å². The predicted molar refractivity (Wildman–Crippen MR) is 68.9 cm³/mol. The van der Waals surface area contributed by atoms with Gasteiger partial charge >= 0.3 is 0 Å². The van der Waals surface area contributed by atoms with E-state index in [4.69, 9.17) is 10.5 Å². The van der Waals surface area contributed by atoms with Crippen molar-refractivity contribution < 1.29 is 9.13 Å². The maximum atomic E-state index is 14.1. The second-order valence-corrected chi connectivity index (χ2v) is 4.78. The predicted octanol–water partition coefficient (Wildman–Crippen LogP) is 1.54. The summed E-state index contributed by atoms with van der Waals surface area (Å²) in [7, 11) is 1.86. The molecule has 1 aromatic rings. The molecule has 1 atom stereocenters. The first-order chi connectivity index (χ1) is 8.72. The topological polar surface area (TPSA) is 51.4 Å². The van der Waals surface area contributed by atoms with Crippen LogP contribution in [0.15, 0.2) is 12.3 Å². The van der Waals surface area contributed by atoms with Crippen LogP contribution in [0.25, 0.3) is 0 Å². The van der Waals surface area contributed by atoms with Crippen molar-refractivity contribution in [1.82, 2.24) is 4.98 Å². The maximum Gasteiger partial charge on any atom is 0.170 e.